The number of nitrogens with zero attached hydrogens (tertiary/aromatic N) is 3. The van der Waals surface area contributed by atoms with Crippen molar-refractivity contribution in [1.29, 1.82) is 0 Å². The first kappa shape index (κ1) is 14.1. The Kier molecular flexibility index (Phi) is 3.64. The quantitative estimate of drug-likeness (QED) is 0.619. The van der Waals surface area contributed by atoms with E-state index in [2.05, 4.69) is 15.3 Å². The molecule has 0 spiro atoms. The molecule has 7 heteroatoms. The van der Waals surface area contributed by atoms with E-state index in [-0.39, 0.29) is 5.91 Å². The second-order valence-corrected chi connectivity index (χ2v) is 6.77. The first-order chi connectivity index (χ1) is 11.3. The highest BCUT2D eigenvalue weighted by atomic mass is 32.1. The van der Waals surface area contributed by atoms with Crippen LogP contribution < -0.4 is 5.32 Å². The lowest BCUT2D eigenvalue weighted by atomic mass is 10.1. The number of carbonyl (C=O) groups excluding carboxylic acids is 1. The lowest BCUT2D eigenvalue weighted by Gasteiger charge is -2.05. The Labute approximate surface area is 140 Å². The fraction of sp³-hybridized carbons (Fsp3) is 0.0625. The van der Waals surface area contributed by atoms with Crippen LogP contribution in [0.5, 0.6) is 0 Å². The van der Waals surface area contributed by atoms with Crippen molar-refractivity contribution in [3.05, 3.63) is 64.2 Å². The van der Waals surface area contributed by atoms with Gasteiger partial charge in [0.05, 0.1) is 12.2 Å². The Hall–Kier alpha value is -2.51. The number of rotatable bonds is 4. The molecule has 114 valence electrons. The lowest BCUT2D eigenvalue weighted by Crippen LogP contribution is -2.23. The summed E-state index contributed by atoms with van der Waals surface area (Å²) in [6.07, 6.45) is 5.38. The van der Waals surface area contributed by atoms with Crippen LogP contribution in [-0.2, 0) is 6.54 Å². The van der Waals surface area contributed by atoms with Crippen molar-refractivity contribution in [3.8, 4) is 11.3 Å². The number of aromatic nitrogens is 3. The third kappa shape index (κ3) is 2.64. The van der Waals surface area contributed by atoms with E-state index in [0.717, 1.165) is 21.1 Å². The number of hydrogen-bond donors (Lipinski definition) is 1. The zero-order chi connectivity index (χ0) is 15.6. The van der Waals surface area contributed by atoms with E-state index in [1.165, 1.54) is 11.3 Å². The zero-order valence-electron chi connectivity index (χ0n) is 12.0. The molecule has 4 rings (SSSR count). The van der Waals surface area contributed by atoms with E-state index in [1.54, 1.807) is 23.7 Å². The second-order valence-electron chi connectivity index (χ2n) is 4.87. The number of fused-ring (bicyclic) bond motifs is 1. The van der Waals surface area contributed by atoms with Crippen LogP contribution in [0.1, 0.15) is 15.4 Å². The molecule has 0 unspecified atom stereocenters. The van der Waals surface area contributed by atoms with Gasteiger partial charge in [-0.1, -0.05) is 6.07 Å². The summed E-state index contributed by atoms with van der Waals surface area (Å²) in [4.78, 5) is 23.2. The Morgan fingerprint density at radius 3 is 2.96 bits per heavy atom. The zero-order valence-corrected chi connectivity index (χ0v) is 13.6. The highest BCUT2D eigenvalue weighted by Crippen LogP contribution is 2.27. The minimum Gasteiger partial charge on any atom is -0.346 e. The molecule has 0 bridgehead atoms. The molecule has 5 nitrogen and oxygen atoms in total. The van der Waals surface area contributed by atoms with Gasteiger partial charge in [0.1, 0.15) is 0 Å². The molecule has 0 aromatic carbocycles. The summed E-state index contributed by atoms with van der Waals surface area (Å²) in [5, 5.41) is 6.89. The number of nitrogens with one attached hydrogen (secondary N) is 1. The van der Waals surface area contributed by atoms with Gasteiger partial charge in [-0.25, -0.2) is 4.98 Å². The molecule has 0 atom stereocenters. The Morgan fingerprint density at radius 2 is 2.17 bits per heavy atom. The van der Waals surface area contributed by atoms with Gasteiger partial charge in [-0.2, -0.15) is 0 Å². The van der Waals surface area contributed by atoms with Crippen LogP contribution in [-0.4, -0.2) is 20.3 Å². The molecule has 0 aliphatic rings. The van der Waals surface area contributed by atoms with Crippen molar-refractivity contribution in [2.24, 2.45) is 0 Å². The van der Waals surface area contributed by atoms with Gasteiger partial charge in [-0.05, 0) is 23.6 Å². The molecule has 4 aromatic rings. The van der Waals surface area contributed by atoms with Gasteiger partial charge in [0, 0.05) is 34.4 Å². The molecule has 0 aliphatic heterocycles. The number of hydrogen-bond acceptors (Lipinski definition) is 5. The maximum absolute atomic E-state index is 12.6. The van der Waals surface area contributed by atoms with Gasteiger partial charge >= 0.3 is 0 Å². The summed E-state index contributed by atoms with van der Waals surface area (Å²) in [5.41, 5.74) is 2.08. The van der Waals surface area contributed by atoms with Gasteiger partial charge in [-0.15, -0.1) is 22.7 Å². The number of amides is 1. The van der Waals surface area contributed by atoms with Gasteiger partial charge in [0.15, 0.2) is 10.7 Å². The van der Waals surface area contributed by atoms with Crippen molar-refractivity contribution < 1.29 is 4.79 Å². The largest absolute Gasteiger partial charge is 0.346 e. The second kappa shape index (κ2) is 5.94. The van der Waals surface area contributed by atoms with Crippen molar-refractivity contribution in [2.45, 2.75) is 6.54 Å². The third-order valence-electron chi connectivity index (χ3n) is 3.42. The fourth-order valence-electron chi connectivity index (χ4n) is 2.39. The van der Waals surface area contributed by atoms with Crippen LogP contribution in [0.2, 0.25) is 0 Å². The van der Waals surface area contributed by atoms with Crippen LogP contribution in [0.25, 0.3) is 16.2 Å². The van der Waals surface area contributed by atoms with Gasteiger partial charge in [-0.3, -0.25) is 14.2 Å². The summed E-state index contributed by atoms with van der Waals surface area (Å²) < 4.78 is 1.93. The van der Waals surface area contributed by atoms with E-state index in [4.69, 9.17) is 0 Å². The van der Waals surface area contributed by atoms with Gasteiger partial charge in [0.25, 0.3) is 5.91 Å². The maximum atomic E-state index is 12.6. The molecule has 4 heterocycles. The molecule has 4 aromatic heterocycles. The predicted molar refractivity (Wildman–Crippen MR) is 91.8 cm³/mol. The summed E-state index contributed by atoms with van der Waals surface area (Å²) in [7, 11) is 0. The topological polar surface area (TPSA) is 59.3 Å². The number of thiazole rings is 1. The molecular formula is C16H12N4OS2. The maximum Gasteiger partial charge on any atom is 0.272 e. The van der Waals surface area contributed by atoms with Crippen molar-refractivity contribution in [1.82, 2.24) is 19.7 Å². The summed E-state index contributed by atoms with van der Waals surface area (Å²) in [6.45, 7) is 0.508. The number of pyridine rings is 1. The molecule has 0 saturated heterocycles. The normalized spacial score (nSPS) is 11.0. The third-order valence-corrected chi connectivity index (χ3v) is 5.05. The van der Waals surface area contributed by atoms with Crippen molar-refractivity contribution in [3.63, 3.8) is 0 Å². The standard InChI is InChI=1S/C16H12N4OS2/c21-15(18-10-12-4-2-7-22-12)13-14(11-3-1-5-17-9-11)20-6-8-23-16(20)19-13/h1-9H,10H2,(H,18,21). The van der Waals surface area contributed by atoms with Crippen LogP contribution in [0.4, 0.5) is 0 Å². The SMILES string of the molecule is O=C(NCc1cccs1)c1nc2sccn2c1-c1cccnc1. The first-order valence-corrected chi connectivity index (χ1v) is 8.75. The van der Waals surface area contributed by atoms with Crippen molar-refractivity contribution in [2.75, 3.05) is 0 Å². The molecule has 0 aliphatic carbocycles. The van der Waals surface area contributed by atoms with E-state index >= 15 is 0 Å². The predicted octanol–water partition coefficient (Wildman–Crippen LogP) is 3.45. The number of thiophene rings is 1. The minimum absolute atomic E-state index is 0.173. The van der Waals surface area contributed by atoms with Gasteiger partial charge < -0.3 is 5.32 Å². The highest BCUT2D eigenvalue weighted by Gasteiger charge is 2.21. The first-order valence-electron chi connectivity index (χ1n) is 6.99. The average molecular weight is 340 g/mol. The smallest absolute Gasteiger partial charge is 0.272 e. The Morgan fingerprint density at radius 1 is 1.22 bits per heavy atom. The molecule has 0 radical (unpaired) electrons. The van der Waals surface area contributed by atoms with Crippen LogP contribution in [0, 0.1) is 0 Å². The van der Waals surface area contributed by atoms with Crippen molar-refractivity contribution >= 4 is 33.5 Å². The van der Waals surface area contributed by atoms with Crippen LogP contribution >= 0.6 is 22.7 Å². The minimum atomic E-state index is -0.173. The van der Waals surface area contributed by atoms with Crippen LogP contribution in [0.3, 0.4) is 0 Å². The lowest BCUT2D eigenvalue weighted by molar-refractivity contribution is 0.0947. The van der Waals surface area contributed by atoms with E-state index in [9.17, 15) is 4.79 Å². The highest BCUT2D eigenvalue weighted by molar-refractivity contribution is 7.15. The molecule has 23 heavy (non-hydrogen) atoms. The van der Waals surface area contributed by atoms with Gasteiger partial charge in [0.2, 0.25) is 0 Å². The molecular weight excluding hydrogens is 328 g/mol. The fourth-order valence-corrected chi connectivity index (χ4v) is 3.75. The Bertz CT molecular complexity index is 941. The van der Waals surface area contributed by atoms with Crippen LogP contribution in [0.15, 0.2) is 53.6 Å². The van der Waals surface area contributed by atoms with E-state index in [1.807, 2.05) is 45.6 Å². The molecule has 0 fully saturated rings. The summed E-state index contributed by atoms with van der Waals surface area (Å²) in [6, 6.07) is 7.76. The molecule has 0 saturated carbocycles. The number of imidazole rings is 1. The summed E-state index contributed by atoms with van der Waals surface area (Å²) in [5.74, 6) is -0.173. The number of carbonyl (C=O) groups is 1. The average Bonchev–Trinajstić information content (AvgIpc) is 3.29. The van der Waals surface area contributed by atoms with E-state index < -0.39 is 0 Å². The molecule has 1 amide bonds. The van der Waals surface area contributed by atoms with E-state index in [0.29, 0.717) is 12.2 Å². The monoisotopic (exact) mass is 340 g/mol. The summed E-state index contributed by atoms with van der Waals surface area (Å²) >= 11 is 3.12. The molecule has 1 N–H and O–H groups in total. The Balaban J connectivity index is 1.71.